The zero-order valence-corrected chi connectivity index (χ0v) is 12.2. The molecule has 0 aromatic heterocycles. The predicted octanol–water partition coefficient (Wildman–Crippen LogP) is 3.23. The quantitative estimate of drug-likeness (QED) is 0.908. The van der Waals surface area contributed by atoms with Crippen molar-refractivity contribution in [2.75, 3.05) is 14.2 Å². The van der Waals surface area contributed by atoms with E-state index in [4.69, 9.17) is 15.2 Å². The van der Waals surface area contributed by atoms with Crippen LogP contribution in [0, 0.1) is 5.41 Å². The summed E-state index contributed by atoms with van der Waals surface area (Å²) in [5.41, 5.74) is 8.84. The highest BCUT2D eigenvalue weighted by Crippen LogP contribution is 2.40. The molecule has 1 unspecified atom stereocenters. The van der Waals surface area contributed by atoms with Crippen LogP contribution in [0.3, 0.4) is 0 Å². The number of allylic oxidation sites excluding steroid dienone is 1. The Kier molecular flexibility index (Phi) is 3.85. The zero-order chi connectivity index (χ0) is 14.0. The minimum Gasteiger partial charge on any atom is -0.493 e. The molecule has 19 heavy (non-hydrogen) atoms. The van der Waals surface area contributed by atoms with Crippen molar-refractivity contribution in [1.82, 2.24) is 0 Å². The van der Waals surface area contributed by atoms with Crippen LogP contribution in [-0.4, -0.2) is 20.3 Å². The molecule has 3 nitrogen and oxygen atoms in total. The minimum atomic E-state index is 0.131. The van der Waals surface area contributed by atoms with Crippen LogP contribution in [0.15, 0.2) is 24.3 Å². The van der Waals surface area contributed by atoms with Crippen LogP contribution in [0.4, 0.5) is 0 Å². The second-order valence-corrected chi connectivity index (χ2v) is 5.97. The van der Waals surface area contributed by atoms with Gasteiger partial charge in [-0.25, -0.2) is 0 Å². The SMILES string of the molecule is COc1ccc(C2=CC(N)CC(C)(C)C2)cc1OC. The van der Waals surface area contributed by atoms with Crippen LogP contribution < -0.4 is 15.2 Å². The number of methoxy groups -OCH3 is 2. The van der Waals surface area contributed by atoms with E-state index in [1.807, 2.05) is 12.1 Å². The summed E-state index contributed by atoms with van der Waals surface area (Å²) < 4.78 is 10.6. The van der Waals surface area contributed by atoms with Gasteiger partial charge in [-0.1, -0.05) is 26.0 Å². The molecule has 1 aliphatic carbocycles. The lowest BCUT2D eigenvalue weighted by Crippen LogP contribution is -2.30. The molecule has 0 aliphatic heterocycles. The van der Waals surface area contributed by atoms with Gasteiger partial charge in [0.2, 0.25) is 0 Å². The van der Waals surface area contributed by atoms with E-state index in [2.05, 4.69) is 26.0 Å². The van der Waals surface area contributed by atoms with Crippen molar-refractivity contribution in [3.63, 3.8) is 0 Å². The second kappa shape index (κ2) is 5.25. The van der Waals surface area contributed by atoms with E-state index in [1.54, 1.807) is 14.2 Å². The molecule has 104 valence electrons. The maximum Gasteiger partial charge on any atom is 0.161 e. The Morgan fingerprint density at radius 2 is 1.84 bits per heavy atom. The number of hydrogen-bond acceptors (Lipinski definition) is 3. The first-order valence-electron chi connectivity index (χ1n) is 6.64. The van der Waals surface area contributed by atoms with Gasteiger partial charge in [0.1, 0.15) is 0 Å². The summed E-state index contributed by atoms with van der Waals surface area (Å²) in [5.74, 6) is 1.52. The Morgan fingerprint density at radius 3 is 2.42 bits per heavy atom. The van der Waals surface area contributed by atoms with Crippen LogP contribution in [0.2, 0.25) is 0 Å². The van der Waals surface area contributed by atoms with E-state index in [0.29, 0.717) is 0 Å². The first-order valence-corrected chi connectivity index (χ1v) is 6.64. The number of nitrogens with two attached hydrogens (primary N) is 1. The smallest absolute Gasteiger partial charge is 0.161 e. The van der Waals surface area contributed by atoms with Crippen molar-refractivity contribution >= 4 is 5.57 Å². The Morgan fingerprint density at radius 1 is 1.16 bits per heavy atom. The van der Waals surface area contributed by atoms with Crippen molar-refractivity contribution in [3.05, 3.63) is 29.8 Å². The van der Waals surface area contributed by atoms with Gasteiger partial charge in [0.25, 0.3) is 0 Å². The van der Waals surface area contributed by atoms with Crippen LogP contribution in [0.1, 0.15) is 32.3 Å². The van der Waals surface area contributed by atoms with Gasteiger partial charge in [-0.2, -0.15) is 0 Å². The van der Waals surface area contributed by atoms with E-state index in [1.165, 1.54) is 11.1 Å². The van der Waals surface area contributed by atoms with Crippen LogP contribution in [-0.2, 0) is 0 Å². The zero-order valence-electron chi connectivity index (χ0n) is 12.2. The van der Waals surface area contributed by atoms with Crippen molar-refractivity contribution in [2.45, 2.75) is 32.7 Å². The van der Waals surface area contributed by atoms with E-state index >= 15 is 0 Å². The van der Waals surface area contributed by atoms with Gasteiger partial charge in [0.05, 0.1) is 14.2 Å². The molecule has 1 aromatic carbocycles. The third-order valence-corrected chi connectivity index (χ3v) is 3.63. The fourth-order valence-corrected chi connectivity index (χ4v) is 2.84. The molecule has 0 bridgehead atoms. The van der Waals surface area contributed by atoms with Crippen molar-refractivity contribution < 1.29 is 9.47 Å². The molecule has 0 spiro atoms. The number of hydrogen-bond donors (Lipinski definition) is 1. The summed E-state index contributed by atoms with van der Waals surface area (Å²) in [6, 6.07) is 6.18. The van der Waals surface area contributed by atoms with Gasteiger partial charge in [0.15, 0.2) is 11.5 Å². The minimum absolute atomic E-state index is 0.131. The maximum absolute atomic E-state index is 6.13. The lowest BCUT2D eigenvalue weighted by Gasteiger charge is -2.33. The summed E-state index contributed by atoms with van der Waals surface area (Å²) in [6.07, 6.45) is 4.24. The van der Waals surface area contributed by atoms with Crippen LogP contribution in [0.5, 0.6) is 11.5 Å². The topological polar surface area (TPSA) is 44.5 Å². The molecule has 1 atom stereocenters. The van der Waals surface area contributed by atoms with E-state index in [-0.39, 0.29) is 11.5 Å². The Bertz CT molecular complexity index is 492. The molecule has 0 saturated carbocycles. The van der Waals surface area contributed by atoms with Gasteiger partial charge >= 0.3 is 0 Å². The monoisotopic (exact) mass is 261 g/mol. The molecular formula is C16H23NO2. The van der Waals surface area contributed by atoms with Gasteiger partial charge in [-0.3, -0.25) is 0 Å². The Balaban J connectivity index is 2.36. The van der Waals surface area contributed by atoms with Crippen molar-refractivity contribution in [2.24, 2.45) is 11.1 Å². The largest absolute Gasteiger partial charge is 0.493 e. The summed E-state index contributed by atoms with van der Waals surface area (Å²) in [5, 5.41) is 0. The van der Waals surface area contributed by atoms with E-state index < -0.39 is 0 Å². The summed E-state index contributed by atoms with van der Waals surface area (Å²) >= 11 is 0. The molecule has 0 fully saturated rings. The van der Waals surface area contributed by atoms with Gasteiger partial charge in [0, 0.05) is 6.04 Å². The molecule has 2 N–H and O–H groups in total. The highest BCUT2D eigenvalue weighted by molar-refractivity contribution is 5.70. The molecule has 3 heteroatoms. The number of ether oxygens (including phenoxy) is 2. The number of rotatable bonds is 3. The van der Waals surface area contributed by atoms with Crippen LogP contribution in [0.25, 0.3) is 5.57 Å². The lowest BCUT2D eigenvalue weighted by atomic mass is 9.74. The third kappa shape index (κ3) is 3.10. The van der Waals surface area contributed by atoms with Crippen LogP contribution >= 0.6 is 0 Å². The average molecular weight is 261 g/mol. The van der Waals surface area contributed by atoms with Crippen molar-refractivity contribution in [3.8, 4) is 11.5 Å². The van der Waals surface area contributed by atoms with Gasteiger partial charge < -0.3 is 15.2 Å². The van der Waals surface area contributed by atoms with Crippen molar-refractivity contribution in [1.29, 1.82) is 0 Å². The number of benzene rings is 1. The first-order chi connectivity index (χ1) is 8.95. The molecule has 0 saturated heterocycles. The fraction of sp³-hybridized carbons (Fsp3) is 0.500. The van der Waals surface area contributed by atoms with E-state index in [0.717, 1.165) is 24.3 Å². The van der Waals surface area contributed by atoms with Gasteiger partial charge in [-0.15, -0.1) is 0 Å². The molecule has 0 amide bonds. The fourth-order valence-electron chi connectivity index (χ4n) is 2.84. The molecular weight excluding hydrogens is 238 g/mol. The molecule has 0 heterocycles. The van der Waals surface area contributed by atoms with Gasteiger partial charge in [-0.05, 0) is 41.5 Å². The first kappa shape index (κ1) is 13.9. The molecule has 0 radical (unpaired) electrons. The van der Waals surface area contributed by atoms with E-state index in [9.17, 15) is 0 Å². The maximum atomic E-state index is 6.13. The highest BCUT2D eigenvalue weighted by Gasteiger charge is 2.27. The predicted molar refractivity (Wildman–Crippen MR) is 78.5 cm³/mol. The highest BCUT2D eigenvalue weighted by atomic mass is 16.5. The Hall–Kier alpha value is -1.48. The lowest BCUT2D eigenvalue weighted by molar-refractivity contribution is 0.318. The third-order valence-electron chi connectivity index (χ3n) is 3.63. The average Bonchev–Trinajstić information content (AvgIpc) is 2.35. The Labute approximate surface area is 115 Å². The summed E-state index contributed by atoms with van der Waals surface area (Å²) in [4.78, 5) is 0. The normalized spacial score (nSPS) is 21.7. The second-order valence-electron chi connectivity index (χ2n) is 5.97. The standard InChI is InChI=1S/C16H23NO2/c1-16(2)9-12(7-13(17)10-16)11-5-6-14(18-3)15(8-11)19-4/h5-8,13H,9-10,17H2,1-4H3. The molecule has 2 rings (SSSR count). The summed E-state index contributed by atoms with van der Waals surface area (Å²) in [7, 11) is 3.31. The molecule has 1 aromatic rings. The summed E-state index contributed by atoms with van der Waals surface area (Å²) in [6.45, 7) is 4.53. The molecule has 1 aliphatic rings.